The van der Waals surface area contributed by atoms with E-state index in [-0.39, 0.29) is 35.6 Å². The first-order valence-electron chi connectivity index (χ1n) is 15.8. The van der Waals surface area contributed by atoms with Crippen molar-refractivity contribution in [2.24, 2.45) is 0 Å². The molecular weight excluding hydrogens is 650 g/mol. The van der Waals surface area contributed by atoms with Gasteiger partial charge in [0.25, 0.3) is 11.8 Å². The van der Waals surface area contributed by atoms with Crippen molar-refractivity contribution in [2.45, 2.75) is 56.0 Å². The van der Waals surface area contributed by atoms with Crippen LogP contribution in [0.1, 0.15) is 65.4 Å². The molecule has 5 rings (SSSR count). The summed E-state index contributed by atoms with van der Waals surface area (Å²) in [5.74, 6) is -0.138. The fraction of sp³-hybridized carbons (Fsp3) is 0.441. The number of amides is 4. The third-order valence-electron chi connectivity index (χ3n) is 9.17. The van der Waals surface area contributed by atoms with Crippen molar-refractivity contribution >= 4 is 51.5 Å². The molecule has 2 aromatic carbocycles. The van der Waals surface area contributed by atoms with E-state index < -0.39 is 6.04 Å². The van der Waals surface area contributed by atoms with Crippen LogP contribution in [0.15, 0.2) is 58.7 Å². The molecule has 0 spiro atoms. The van der Waals surface area contributed by atoms with Crippen molar-refractivity contribution in [1.82, 2.24) is 25.8 Å². The van der Waals surface area contributed by atoms with Crippen LogP contribution in [0.3, 0.4) is 0 Å². The molecule has 3 aliphatic rings. The van der Waals surface area contributed by atoms with Gasteiger partial charge < -0.3 is 31.2 Å². The molecule has 3 aliphatic heterocycles. The summed E-state index contributed by atoms with van der Waals surface area (Å²) >= 11 is 3.31. The Morgan fingerprint density at radius 2 is 1.61 bits per heavy atom. The van der Waals surface area contributed by atoms with Crippen LogP contribution in [-0.4, -0.2) is 92.0 Å². The average Bonchev–Trinajstić information content (AvgIpc) is 3.07. The zero-order chi connectivity index (χ0) is 32.8. The highest BCUT2D eigenvalue weighted by atomic mass is 79.9. The number of benzene rings is 2. The Balaban J connectivity index is 1.13. The predicted molar refractivity (Wildman–Crippen MR) is 181 cm³/mol. The molecule has 3 atom stereocenters. The first-order chi connectivity index (χ1) is 22.1. The summed E-state index contributed by atoms with van der Waals surface area (Å²) in [5, 5.41) is 19.3. The SMILES string of the molecule is CNC(=O)/C(Br)=C(\C=N)NC1CC(c2ccc(C(=O)N3CCC(c4ccc(NC5CCC(=O)NC5=O)cc4)CC3)cc2)CN(C)C1. The molecule has 0 bridgehead atoms. The molecular formula is C34H42BrN7O4. The van der Waals surface area contributed by atoms with Gasteiger partial charge in [-0.15, -0.1) is 0 Å². The maximum atomic E-state index is 13.4. The molecule has 46 heavy (non-hydrogen) atoms. The zero-order valence-corrected chi connectivity index (χ0v) is 27.9. The van der Waals surface area contributed by atoms with Gasteiger partial charge in [-0.3, -0.25) is 24.5 Å². The molecule has 244 valence electrons. The quantitative estimate of drug-likeness (QED) is 0.154. The molecule has 5 N–H and O–H groups in total. The number of carbonyl (C=O) groups is 4. The highest BCUT2D eigenvalue weighted by molar-refractivity contribution is 9.12. The fourth-order valence-corrected chi connectivity index (χ4v) is 7.09. The summed E-state index contributed by atoms with van der Waals surface area (Å²) in [4.78, 5) is 53.1. The van der Waals surface area contributed by atoms with Crippen molar-refractivity contribution in [3.05, 3.63) is 75.4 Å². The first kappa shape index (κ1) is 33.3. The van der Waals surface area contributed by atoms with Gasteiger partial charge >= 0.3 is 0 Å². The van der Waals surface area contributed by atoms with Gasteiger partial charge in [0.2, 0.25) is 11.8 Å². The third kappa shape index (κ3) is 8.03. The van der Waals surface area contributed by atoms with Crippen LogP contribution in [0.2, 0.25) is 0 Å². The number of allylic oxidation sites excluding steroid dienone is 1. The summed E-state index contributed by atoms with van der Waals surface area (Å²) < 4.78 is 0.305. The van der Waals surface area contributed by atoms with E-state index in [1.165, 1.54) is 5.56 Å². The second kappa shape index (κ2) is 15.0. The number of rotatable bonds is 9. The Morgan fingerprint density at radius 1 is 0.957 bits per heavy atom. The van der Waals surface area contributed by atoms with Gasteiger partial charge in [0.05, 0.1) is 5.70 Å². The topological polar surface area (TPSA) is 147 Å². The number of hydrogen-bond acceptors (Lipinski definition) is 8. The number of likely N-dealkylation sites (N-methyl/N-ethyl adjacent to an activating group) is 2. The zero-order valence-electron chi connectivity index (χ0n) is 26.3. The molecule has 3 heterocycles. The third-order valence-corrected chi connectivity index (χ3v) is 9.96. The van der Waals surface area contributed by atoms with Crippen LogP contribution in [-0.2, 0) is 14.4 Å². The summed E-state index contributed by atoms with van der Waals surface area (Å²) in [6.07, 6.45) is 4.59. The van der Waals surface area contributed by atoms with Gasteiger partial charge in [0, 0.05) is 63.2 Å². The van der Waals surface area contributed by atoms with Crippen molar-refractivity contribution in [1.29, 1.82) is 5.41 Å². The molecule has 4 amide bonds. The van der Waals surface area contributed by atoms with E-state index in [4.69, 9.17) is 5.41 Å². The second-order valence-electron chi connectivity index (χ2n) is 12.4. The van der Waals surface area contributed by atoms with E-state index in [2.05, 4.69) is 73.4 Å². The van der Waals surface area contributed by atoms with Crippen LogP contribution in [0.4, 0.5) is 5.69 Å². The number of halogens is 1. The first-order valence-corrected chi connectivity index (χ1v) is 16.6. The summed E-state index contributed by atoms with van der Waals surface area (Å²) in [6, 6.07) is 15.7. The number of nitrogens with one attached hydrogen (secondary N) is 5. The van der Waals surface area contributed by atoms with Crippen molar-refractivity contribution < 1.29 is 19.2 Å². The summed E-state index contributed by atoms with van der Waals surface area (Å²) in [7, 11) is 3.62. The molecule has 3 fully saturated rings. The average molecular weight is 693 g/mol. The molecule has 0 aliphatic carbocycles. The Bertz CT molecular complexity index is 1490. The van der Waals surface area contributed by atoms with E-state index in [1.54, 1.807) is 7.05 Å². The summed E-state index contributed by atoms with van der Waals surface area (Å²) in [5.41, 5.74) is 4.37. The minimum atomic E-state index is -0.405. The van der Waals surface area contributed by atoms with Crippen LogP contribution in [0, 0.1) is 5.41 Å². The molecule has 3 saturated heterocycles. The van der Waals surface area contributed by atoms with Gasteiger partial charge in [-0.05, 0) is 95.9 Å². The molecule has 0 radical (unpaired) electrons. The summed E-state index contributed by atoms with van der Waals surface area (Å²) in [6.45, 7) is 3.05. The molecule has 11 nitrogen and oxygen atoms in total. The number of imide groups is 1. The van der Waals surface area contributed by atoms with Gasteiger partial charge in [0.1, 0.15) is 10.5 Å². The Morgan fingerprint density at radius 3 is 2.24 bits per heavy atom. The predicted octanol–water partition coefficient (Wildman–Crippen LogP) is 3.30. The van der Waals surface area contributed by atoms with E-state index in [1.807, 2.05) is 29.2 Å². The Labute approximate surface area is 278 Å². The lowest BCUT2D eigenvalue weighted by Crippen LogP contribution is -2.47. The number of likely N-dealkylation sites (tertiary alicyclic amines) is 2. The Hall–Kier alpha value is -4.03. The highest BCUT2D eigenvalue weighted by Gasteiger charge is 2.29. The van der Waals surface area contributed by atoms with Gasteiger partial charge in [-0.25, -0.2) is 0 Å². The number of piperidine rings is 3. The molecule has 12 heteroatoms. The molecule has 0 aromatic heterocycles. The minimum Gasteiger partial charge on any atom is -0.379 e. The maximum Gasteiger partial charge on any atom is 0.260 e. The van der Waals surface area contributed by atoms with E-state index in [0.717, 1.165) is 49.8 Å². The van der Waals surface area contributed by atoms with Gasteiger partial charge in [-0.2, -0.15) is 0 Å². The highest BCUT2D eigenvalue weighted by Crippen LogP contribution is 2.31. The van der Waals surface area contributed by atoms with E-state index in [9.17, 15) is 19.2 Å². The number of hydrogen-bond donors (Lipinski definition) is 5. The normalized spacial score (nSPS) is 23.2. The standard InChI is InChI=1S/C34H42BrN7O4/c1-37-33(45)31(35)29(18-36)39-27-17-25(19-41(2)20-27)22-3-5-24(6-4-22)34(46)42-15-13-23(14-16-42)21-7-9-26(10-8-21)38-28-11-12-30(43)40-32(28)44/h3-10,18,23,25,27-28,36,38-39H,11-17,19-20H2,1-2H3,(H,37,45)(H,40,43,44)/b31-29-,36-18?. The van der Waals surface area contributed by atoms with Crippen molar-refractivity contribution in [2.75, 3.05) is 45.6 Å². The monoisotopic (exact) mass is 691 g/mol. The van der Waals surface area contributed by atoms with Crippen LogP contribution in [0.5, 0.6) is 0 Å². The van der Waals surface area contributed by atoms with E-state index in [0.29, 0.717) is 47.6 Å². The van der Waals surface area contributed by atoms with Crippen molar-refractivity contribution in [3.63, 3.8) is 0 Å². The van der Waals surface area contributed by atoms with Gasteiger partial charge in [-0.1, -0.05) is 24.3 Å². The van der Waals surface area contributed by atoms with Crippen LogP contribution < -0.4 is 21.3 Å². The lowest BCUT2D eigenvalue weighted by atomic mass is 9.87. The number of anilines is 1. The Kier molecular flexibility index (Phi) is 10.9. The minimum absolute atomic E-state index is 0.0499. The smallest absolute Gasteiger partial charge is 0.260 e. The molecule has 2 aromatic rings. The number of carbonyl (C=O) groups excluding carboxylic acids is 4. The van der Waals surface area contributed by atoms with E-state index >= 15 is 0 Å². The lowest BCUT2D eigenvalue weighted by Gasteiger charge is -2.37. The largest absolute Gasteiger partial charge is 0.379 e. The van der Waals surface area contributed by atoms with Crippen LogP contribution >= 0.6 is 15.9 Å². The second-order valence-corrected chi connectivity index (χ2v) is 13.2. The number of nitrogens with zero attached hydrogens (tertiary/aromatic N) is 2. The van der Waals surface area contributed by atoms with Gasteiger partial charge in [0.15, 0.2) is 0 Å². The lowest BCUT2D eigenvalue weighted by molar-refractivity contribution is -0.133. The van der Waals surface area contributed by atoms with Crippen LogP contribution in [0.25, 0.3) is 0 Å². The fourth-order valence-electron chi connectivity index (χ4n) is 6.67. The maximum absolute atomic E-state index is 13.4. The molecule has 0 saturated carbocycles. The van der Waals surface area contributed by atoms with Crippen molar-refractivity contribution in [3.8, 4) is 0 Å². The molecule has 3 unspecified atom stereocenters.